The van der Waals surface area contributed by atoms with Crippen LogP contribution in [-0.2, 0) is 55.4 Å². The van der Waals surface area contributed by atoms with Gasteiger partial charge in [0.1, 0.15) is 11.6 Å². The Morgan fingerprint density at radius 2 is 1.31 bits per heavy atom. The number of nitrogens with zero attached hydrogens (tertiary/aromatic N) is 3. The summed E-state index contributed by atoms with van der Waals surface area (Å²) in [6.07, 6.45) is 0. The second kappa shape index (κ2) is 12.1. The first-order valence-electron chi connectivity index (χ1n) is 8.73. The Morgan fingerprint density at radius 1 is 0.962 bits per heavy atom. The van der Waals surface area contributed by atoms with E-state index in [1.807, 2.05) is 42.7 Å². The largest absolute Gasteiger partial charge is 0.330 e. The molecule has 1 aromatic heterocycles. The maximum absolute atomic E-state index is 11.7. The van der Waals surface area contributed by atoms with E-state index in [0.717, 1.165) is 17.0 Å². The third kappa shape index (κ3) is 7.63. The maximum Gasteiger partial charge on any atom is 0.146 e. The molecule has 1 aromatic rings. The molecule has 0 saturated heterocycles. The molecule has 1 radical (unpaired) electrons. The summed E-state index contributed by atoms with van der Waals surface area (Å²) in [4.78, 5) is 32.1. The second-order valence-corrected chi connectivity index (χ2v) is 6.64. The number of aryl methyl sites for hydroxylation is 1. The molecule has 2 unspecified atom stereocenters. The maximum atomic E-state index is 11.7. The average Bonchev–Trinajstić information content (AvgIpc) is 2.55. The molecular weight excluding hydrogens is 403 g/mol. The average molecular weight is 434 g/mol. The molecule has 143 valence electrons. The Kier molecular flexibility index (Phi) is 11.8. The van der Waals surface area contributed by atoms with Crippen molar-refractivity contribution in [2.24, 2.45) is 0 Å². The zero-order valence-corrected chi connectivity index (χ0v) is 19.6. The normalized spacial score (nSPS) is 13.4. The van der Waals surface area contributed by atoms with Gasteiger partial charge in [-0.2, -0.15) is 0 Å². The summed E-state index contributed by atoms with van der Waals surface area (Å²) in [5.41, 5.74) is 2.93. The molecule has 0 aromatic carbocycles. The Labute approximate surface area is 183 Å². The van der Waals surface area contributed by atoms with Crippen LogP contribution in [0.25, 0.3) is 0 Å². The van der Waals surface area contributed by atoms with E-state index >= 15 is 0 Å². The van der Waals surface area contributed by atoms with Gasteiger partial charge in [0.25, 0.3) is 0 Å². The molecule has 5 nitrogen and oxygen atoms in total. The molecule has 0 fully saturated rings. The summed E-state index contributed by atoms with van der Waals surface area (Å²) < 4.78 is 0. The number of carbonyl (C=O) groups is 2. The predicted molar refractivity (Wildman–Crippen MR) is 101 cm³/mol. The molecule has 6 heteroatoms. The summed E-state index contributed by atoms with van der Waals surface area (Å²) in [5, 5.41) is 0. The van der Waals surface area contributed by atoms with Gasteiger partial charge in [0, 0.05) is 45.8 Å². The van der Waals surface area contributed by atoms with Gasteiger partial charge in [-0.3, -0.25) is 14.6 Å². The first-order chi connectivity index (χ1) is 11.7. The summed E-state index contributed by atoms with van der Waals surface area (Å²) in [7, 11) is 0. The number of Topliss-reactive ketones (excluding diaryl/α,β-unsaturated/α-hetero) is 2. The number of hydrogen-bond acceptors (Lipinski definition) is 5. The van der Waals surface area contributed by atoms with E-state index in [1.165, 1.54) is 0 Å². The molecule has 0 spiro atoms. The fourth-order valence-electron chi connectivity index (χ4n) is 2.73. The molecule has 0 bridgehead atoms. The minimum Gasteiger partial charge on any atom is -0.330 e. The first kappa shape index (κ1) is 25.5. The van der Waals surface area contributed by atoms with Crippen molar-refractivity contribution in [1.29, 1.82) is 0 Å². The summed E-state index contributed by atoms with van der Waals surface area (Å²) in [6.45, 7) is 19.1. The van der Waals surface area contributed by atoms with Gasteiger partial charge >= 0.3 is 0 Å². The molecule has 26 heavy (non-hydrogen) atoms. The molecule has 0 aliphatic heterocycles. The van der Waals surface area contributed by atoms with Gasteiger partial charge in [0.2, 0.25) is 0 Å². The van der Waals surface area contributed by atoms with Crippen LogP contribution in [0.1, 0.15) is 44.6 Å². The Bertz CT molecular complexity index is 558. The van der Waals surface area contributed by atoms with Crippen LogP contribution in [0.15, 0.2) is 12.1 Å². The molecule has 1 rings (SSSR count). The van der Waals surface area contributed by atoms with Crippen LogP contribution in [0.4, 0.5) is 0 Å². The third-order valence-electron chi connectivity index (χ3n) is 4.65. The zero-order chi connectivity index (χ0) is 19.1. The molecule has 2 atom stereocenters. The monoisotopic (exact) mass is 434 g/mol. The van der Waals surface area contributed by atoms with Crippen molar-refractivity contribution in [3.8, 4) is 0 Å². The molecule has 0 amide bonds. The third-order valence-corrected chi connectivity index (χ3v) is 4.65. The van der Waals surface area contributed by atoms with Gasteiger partial charge in [-0.25, -0.2) is 0 Å². The van der Waals surface area contributed by atoms with E-state index in [2.05, 4.69) is 13.8 Å². The van der Waals surface area contributed by atoms with Crippen LogP contribution in [0, 0.1) is 20.8 Å². The number of rotatable bonds is 10. The Balaban J connectivity index is 0.00000625. The van der Waals surface area contributed by atoms with E-state index in [4.69, 9.17) is 4.98 Å². The summed E-state index contributed by atoms with van der Waals surface area (Å²) >= 11 is 0. The number of aromatic nitrogens is 1. The summed E-state index contributed by atoms with van der Waals surface area (Å²) in [6, 6.07) is 3.69. The van der Waals surface area contributed by atoms with E-state index < -0.39 is 0 Å². The molecular formula is C20H31N3O2Y-2. The predicted octanol–water partition coefficient (Wildman–Crippen LogP) is 2.61. The molecule has 1 heterocycles. The van der Waals surface area contributed by atoms with Crippen LogP contribution < -0.4 is 0 Å². The first-order valence-corrected chi connectivity index (χ1v) is 8.73. The van der Waals surface area contributed by atoms with Crippen LogP contribution in [0.2, 0.25) is 0 Å². The van der Waals surface area contributed by atoms with Crippen molar-refractivity contribution >= 4 is 11.6 Å². The van der Waals surface area contributed by atoms with Gasteiger partial charge in [0.15, 0.2) is 0 Å². The fraction of sp³-hybridized carbons (Fsp3) is 0.550. The molecule has 0 saturated carbocycles. The van der Waals surface area contributed by atoms with Crippen molar-refractivity contribution in [2.75, 3.05) is 13.1 Å². The summed E-state index contributed by atoms with van der Waals surface area (Å²) in [5.74, 6) is 0.241. The number of hydrogen-bond donors (Lipinski definition) is 0. The van der Waals surface area contributed by atoms with Crippen molar-refractivity contribution in [1.82, 2.24) is 14.8 Å². The van der Waals surface area contributed by atoms with Gasteiger partial charge in [0.05, 0.1) is 23.5 Å². The van der Waals surface area contributed by atoms with E-state index in [-0.39, 0.29) is 56.4 Å². The molecule has 0 aliphatic rings. The van der Waals surface area contributed by atoms with Gasteiger partial charge < -0.3 is 23.6 Å². The standard InChI is InChI=1S/C20H31N3O2.Y/c1-8-22(15(4)17(6)24)12-19-10-14(3)11-20(21-19)13-23(9-2)16(5)18(7)25;/h10-11,15-16H,1-2,8-9,12-13H2,3-7H3;/q-2;. The topological polar surface area (TPSA) is 53.5 Å². The number of pyridine rings is 1. The molecule has 0 N–H and O–H groups in total. The van der Waals surface area contributed by atoms with Crippen LogP contribution in [-0.4, -0.2) is 51.5 Å². The second-order valence-electron chi connectivity index (χ2n) is 6.64. The Hall–Kier alpha value is -0.486. The van der Waals surface area contributed by atoms with Crippen LogP contribution >= 0.6 is 0 Å². The van der Waals surface area contributed by atoms with Gasteiger partial charge in [-0.15, -0.1) is 13.1 Å². The van der Waals surface area contributed by atoms with Gasteiger partial charge in [-0.05, 0) is 52.3 Å². The van der Waals surface area contributed by atoms with E-state index in [1.54, 1.807) is 13.8 Å². The van der Waals surface area contributed by atoms with Crippen molar-refractivity contribution in [3.05, 3.63) is 42.9 Å². The number of carbonyl (C=O) groups excluding carboxylic acids is 2. The van der Waals surface area contributed by atoms with Crippen molar-refractivity contribution in [3.63, 3.8) is 0 Å². The van der Waals surface area contributed by atoms with Crippen molar-refractivity contribution < 1.29 is 42.3 Å². The fourth-order valence-corrected chi connectivity index (χ4v) is 2.73. The minimum absolute atomic E-state index is 0. The van der Waals surface area contributed by atoms with E-state index in [9.17, 15) is 9.59 Å². The Morgan fingerprint density at radius 3 is 1.58 bits per heavy atom. The SMILES string of the molecule is [CH2-]CN(Cc1cc(C)cc(CN(C[CH2-])C(C)C(C)=O)n1)C(C)C(C)=O.[Y]. The quantitative estimate of drug-likeness (QED) is 0.530. The zero-order valence-electron chi connectivity index (χ0n) is 16.8. The van der Waals surface area contributed by atoms with Gasteiger partial charge in [-0.1, -0.05) is 0 Å². The van der Waals surface area contributed by atoms with E-state index in [0.29, 0.717) is 26.2 Å². The smallest absolute Gasteiger partial charge is 0.146 e. The van der Waals surface area contributed by atoms with Crippen molar-refractivity contribution in [2.45, 2.75) is 59.8 Å². The number of ketones is 2. The van der Waals surface area contributed by atoms with Crippen LogP contribution in [0.5, 0.6) is 0 Å². The van der Waals surface area contributed by atoms with Crippen LogP contribution in [0.3, 0.4) is 0 Å². The molecule has 0 aliphatic carbocycles. The minimum atomic E-state index is -0.183.